The van der Waals surface area contributed by atoms with Crippen LogP contribution in [0.3, 0.4) is 0 Å². The topological polar surface area (TPSA) is 189 Å². The average Bonchev–Trinajstić information content (AvgIpc) is 2.99. The van der Waals surface area contributed by atoms with E-state index in [0.29, 0.717) is 12.8 Å². The van der Waals surface area contributed by atoms with Crippen molar-refractivity contribution in [3.8, 4) is 0 Å². The van der Waals surface area contributed by atoms with Crippen molar-refractivity contribution in [3.05, 3.63) is 24.3 Å². The third kappa shape index (κ3) is 40.7. The minimum Gasteiger partial charge on any atom is -0.549 e. The molecule has 0 radical (unpaired) electrons. The Bertz CT molecular complexity index is 981. The number of carboxylic acids is 2. The Morgan fingerprint density at radius 3 is 0.900 bits per heavy atom. The summed E-state index contributed by atoms with van der Waals surface area (Å²) in [5.41, 5.74) is 0. The van der Waals surface area contributed by atoms with Crippen LogP contribution >= 0.6 is 0 Å². The maximum Gasteiger partial charge on any atom is 1.00 e. The SMILES string of the molecule is CCCCCCCC/C=C\CCCCCCC(C(=O)[O-])S(=O)(=O)O.CCCCCCCC/C=C\CCCCCCC(C(=O)[O-])S(=O)(=O)O.[K+].[K+]. The van der Waals surface area contributed by atoms with Gasteiger partial charge in [-0.2, -0.15) is 16.8 Å². The van der Waals surface area contributed by atoms with Gasteiger partial charge in [0, 0.05) is 0 Å². The molecule has 10 nitrogen and oxygen atoms in total. The van der Waals surface area contributed by atoms with Gasteiger partial charge < -0.3 is 19.8 Å². The van der Waals surface area contributed by atoms with Gasteiger partial charge in [0.05, 0.1) is 11.9 Å². The summed E-state index contributed by atoms with van der Waals surface area (Å²) < 4.78 is 61.0. The van der Waals surface area contributed by atoms with Gasteiger partial charge in [0.1, 0.15) is 10.5 Å². The number of hydrogen-bond acceptors (Lipinski definition) is 8. The van der Waals surface area contributed by atoms with E-state index in [4.69, 9.17) is 9.11 Å². The molecule has 2 N–H and O–H groups in total. The predicted octanol–water partition coefficient (Wildman–Crippen LogP) is 1.29. The van der Waals surface area contributed by atoms with Crippen LogP contribution < -0.4 is 113 Å². The van der Waals surface area contributed by atoms with Gasteiger partial charge >= 0.3 is 103 Å². The van der Waals surface area contributed by atoms with E-state index in [9.17, 15) is 36.6 Å². The molecule has 0 rings (SSSR count). The molecule has 2 unspecified atom stereocenters. The molecule has 0 aliphatic rings. The molecule has 2 atom stereocenters. The first-order valence-electron chi connectivity index (χ1n) is 18.4. The Kier molecular flexibility index (Phi) is 46.8. The molecule has 0 saturated carbocycles. The number of allylic oxidation sites excluding steroid dienone is 4. The van der Waals surface area contributed by atoms with Crippen molar-refractivity contribution in [3.63, 3.8) is 0 Å². The molecular weight excluding hydrogens is 735 g/mol. The molecule has 0 fully saturated rings. The van der Waals surface area contributed by atoms with Crippen LogP contribution in [-0.4, -0.2) is 48.4 Å². The summed E-state index contributed by atoms with van der Waals surface area (Å²) >= 11 is 0. The summed E-state index contributed by atoms with van der Waals surface area (Å²) in [6.45, 7) is 4.44. The fraction of sp³-hybridized carbons (Fsp3) is 0.833. The molecule has 50 heavy (non-hydrogen) atoms. The number of rotatable bonds is 32. The van der Waals surface area contributed by atoms with Crippen molar-refractivity contribution >= 4 is 32.2 Å². The fourth-order valence-corrected chi connectivity index (χ4v) is 6.64. The quantitative estimate of drug-likeness (QED) is 0.0435. The van der Waals surface area contributed by atoms with Crippen LogP contribution in [0.5, 0.6) is 0 Å². The predicted molar refractivity (Wildman–Crippen MR) is 190 cm³/mol. The van der Waals surface area contributed by atoms with Crippen LogP contribution in [0.2, 0.25) is 0 Å². The van der Waals surface area contributed by atoms with Gasteiger partial charge in [-0.3, -0.25) is 9.11 Å². The number of hydrogen-bond donors (Lipinski definition) is 2. The van der Waals surface area contributed by atoms with E-state index in [1.165, 1.54) is 77.0 Å². The number of aliphatic carboxylic acids is 2. The first kappa shape index (κ1) is 58.2. The molecule has 0 aromatic heterocycles. The summed E-state index contributed by atoms with van der Waals surface area (Å²) in [7, 11) is -9.11. The van der Waals surface area contributed by atoms with Crippen molar-refractivity contribution in [2.24, 2.45) is 0 Å². The molecule has 0 aromatic rings. The van der Waals surface area contributed by atoms with Crippen LogP contribution in [0.15, 0.2) is 24.3 Å². The molecule has 0 spiro atoms. The van der Waals surface area contributed by atoms with Crippen molar-refractivity contribution in [2.45, 2.75) is 191 Å². The van der Waals surface area contributed by atoms with Crippen molar-refractivity contribution in [1.82, 2.24) is 0 Å². The summed E-state index contributed by atoms with van der Waals surface area (Å²) in [6.07, 6.45) is 34.9. The van der Waals surface area contributed by atoms with Gasteiger partial charge in [0.2, 0.25) is 0 Å². The van der Waals surface area contributed by atoms with Crippen molar-refractivity contribution < 1.29 is 149 Å². The second-order valence-corrected chi connectivity index (χ2v) is 15.9. The van der Waals surface area contributed by atoms with Crippen LogP contribution in [0.1, 0.15) is 181 Å². The second kappa shape index (κ2) is 40.2. The Morgan fingerprint density at radius 1 is 0.460 bits per heavy atom. The zero-order chi connectivity index (χ0) is 36.5. The Morgan fingerprint density at radius 2 is 0.680 bits per heavy atom. The number of carboxylic acid groups (broad SMARTS) is 2. The van der Waals surface area contributed by atoms with Crippen LogP contribution in [0.4, 0.5) is 0 Å². The van der Waals surface area contributed by atoms with Crippen LogP contribution in [0.25, 0.3) is 0 Å². The Balaban J connectivity index is -0.000000407. The van der Waals surface area contributed by atoms with Crippen molar-refractivity contribution in [1.29, 1.82) is 0 Å². The van der Waals surface area contributed by atoms with E-state index in [2.05, 4.69) is 38.2 Å². The Hall–Kier alpha value is 1.51. The zero-order valence-electron chi connectivity index (χ0n) is 31.8. The van der Waals surface area contributed by atoms with Gasteiger partial charge in [-0.25, -0.2) is 0 Å². The second-order valence-electron chi connectivity index (χ2n) is 12.7. The van der Waals surface area contributed by atoms with E-state index in [-0.39, 0.29) is 116 Å². The van der Waals surface area contributed by atoms with E-state index < -0.39 is 42.7 Å². The molecule has 0 aliphatic carbocycles. The summed E-state index contributed by atoms with van der Waals surface area (Å²) in [4.78, 5) is 21.3. The van der Waals surface area contributed by atoms with Gasteiger partial charge in [-0.1, -0.05) is 141 Å². The van der Waals surface area contributed by atoms with Crippen molar-refractivity contribution in [2.75, 3.05) is 0 Å². The van der Waals surface area contributed by atoms with Crippen LogP contribution in [0, 0.1) is 0 Å². The molecule has 0 aliphatic heterocycles. The standard InChI is InChI=1S/2C18H34O5S.2K/c2*1-2-3-4-5-6-7-8-9-10-11-12-13-14-15-16-17(18(19)20)24(21,22)23;;/h2*9-10,17H,2-8,11-16H2,1H3,(H,19,20)(H,21,22,23);;/q;;2*+1/p-2/b2*10-9-;;. The summed E-state index contributed by atoms with van der Waals surface area (Å²) in [5, 5.41) is 17.7. The largest absolute Gasteiger partial charge is 1.00 e. The number of unbranched alkanes of at least 4 members (excludes halogenated alkanes) is 20. The molecule has 0 aromatic carbocycles. The molecule has 0 bridgehead atoms. The van der Waals surface area contributed by atoms with Gasteiger partial charge in [0.25, 0.3) is 20.2 Å². The van der Waals surface area contributed by atoms with Gasteiger partial charge in [0.15, 0.2) is 0 Å². The monoisotopic (exact) mass is 800 g/mol. The summed E-state index contributed by atoms with van der Waals surface area (Å²) in [6, 6.07) is 0. The average molecular weight is 801 g/mol. The van der Waals surface area contributed by atoms with Gasteiger partial charge in [-0.05, 0) is 64.2 Å². The smallest absolute Gasteiger partial charge is 0.549 e. The maximum atomic E-state index is 10.9. The first-order valence-corrected chi connectivity index (χ1v) is 21.4. The molecular formula is C36H66K2O10S2. The maximum absolute atomic E-state index is 10.9. The first-order chi connectivity index (χ1) is 22.8. The number of carbonyl (C=O) groups is 2. The minimum absolute atomic E-state index is 0. The van der Waals surface area contributed by atoms with E-state index in [1.807, 2.05) is 0 Å². The third-order valence-electron chi connectivity index (χ3n) is 8.20. The summed E-state index contributed by atoms with van der Waals surface area (Å²) in [5.74, 6) is -3.45. The van der Waals surface area contributed by atoms with Gasteiger partial charge in [-0.15, -0.1) is 0 Å². The molecule has 0 saturated heterocycles. The fourth-order valence-electron chi connectivity index (χ4n) is 5.22. The van der Waals surface area contributed by atoms with E-state index in [1.54, 1.807) is 0 Å². The number of carbonyl (C=O) groups excluding carboxylic acids is 2. The van der Waals surface area contributed by atoms with Crippen LogP contribution in [-0.2, 0) is 29.8 Å². The van der Waals surface area contributed by atoms with E-state index in [0.717, 1.165) is 64.2 Å². The molecule has 0 heterocycles. The minimum atomic E-state index is -4.56. The molecule has 284 valence electrons. The van der Waals surface area contributed by atoms with E-state index >= 15 is 0 Å². The Labute approximate surface area is 390 Å². The zero-order valence-corrected chi connectivity index (χ0v) is 39.7. The normalized spacial score (nSPS) is 12.9. The molecule has 14 heteroatoms. The molecule has 0 amide bonds. The third-order valence-corrected chi connectivity index (χ3v) is 10.5.